The molecule has 1 amide bonds. The fourth-order valence-corrected chi connectivity index (χ4v) is 4.92. The molecule has 1 aliphatic carbocycles. The van der Waals surface area contributed by atoms with Gasteiger partial charge in [-0.3, -0.25) is 14.5 Å². The molecule has 1 heterocycles. The summed E-state index contributed by atoms with van der Waals surface area (Å²) in [6.45, 7) is 5.09. The summed E-state index contributed by atoms with van der Waals surface area (Å²) in [7, 11) is 1.69. The molecular formula is C27H37N3O4. The Bertz CT molecular complexity index is 917. The summed E-state index contributed by atoms with van der Waals surface area (Å²) >= 11 is 0. The predicted octanol–water partition coefficient (Wildman–Crippen LogP) is 3.82. The summed E-state index contributed by atoms with van der Waals surface area (Å²) in [6, 6.07) is 16.9. The van der Waals surface area contributed by atoms with Crippen LogP contribution in [0.4, 0.5) is 5.69 Å². The normalized spacial score (nSPS) is 19.2. The minimum absolute atomic E-state index is 0.106. The molecule has 0 aromatic heterocycles. The number of anilines is 1. The van der Waals surface area contributed by atoms with Crippen LogP contribution in [-0.4, -0.2) is 62.8 Å². The molecule has 0 spiro atoms. The number of methoxy groups -OCH3 is 1. The van der Waals surface area contributed by atoms with Crippen LogP contribution in [0.25, 0.3) is 0 Å². The lowest BCUT2D eigenvalue weighted by Gasteiger charge is -2.42. The molecule has 184 valence electrons. The Morgan fingerprint density at radius 2 is 1.85 bits per heavy atom. The Labute approximate surface area is 202 Å². The van der Waals surface area contributed by atoms with Gasteiger partial charge in [-0.1, -0.05) is 30.3 Å². The Hall–Kier alpha value is -2.77. The van der Waals surface area contributed by atoms with Gasteiger partial charge in [0.2, 0.25) is 0 Å². The van der Waals surface area contributed by atoms with Gasteiger partial charge in [0.1, 0.15) is 0 Å². The number of hydrogen-bond donors (Lipinski definition) is 1. The maximum atomic E-state index is 12.4. The number of hydroxylamine groups is 1. The van der Waals surface area contributed by atoms with E-state index in [-0.39, 0.29) is 18.1 Å². The monoisotopic (exact) mass is 467 g/mol. The average molecular weight is 468 g/mol. The number of piperazine rings is 1. The summed E-state index contributed by atoms with van der Waals surface area (Å²) in [5, 5.41) is 0. The van der Waals surface area contributed by atoms with Gasteiger partial charge in [0.05, 0.1) is 26.4 Å². The van der Waals surface area contributed by atoms with E-state index in [9.17, 15) is 4.79 Å². The molecule has 0 bridgehead atoms. The van der Waals surface area contributed by atoms with Crippen molar-refractivity contribution in [2.45, 2.75) is 51.2 Å². The molecule has 0 radical (unpaired) electrons. The first-order chi connectivity index (χ1) is 16.7. The van der Waals surface area contributed by atoms with Gasteiger partial charge in [-0.2, -0.15) is 0 Å². The molecule has 1 aliphatic heterocycles. The van der Waals surface area contributed by atoms with Crippen molar-refractivity contribution in [2.75, 3.05) is 44.8 Å². The molecule has 2 aliphatic rings. The predicted molar refractivity (Wildman–Crippen MR) is 133 cm³/mol. The minimum Gasteiger partial charge on any atom is -0.493 e. The third-order valence-electron chi connectivity index (χ3n) is 6.70. The van der Waals surface area contributed by atoms with Crippen LogP contribution in [0.1, 0.15) is 38.2 Å². The van der Waals surface area contributed by atoms with Gasteiger partial charge in [0.25, 0.3) is 5.91 Å². The lowest BCUT2D eigenvalue weighted by Crippen LogP contribution is -2.56. The summed E-state index contributed by atoms with van der Waals surface area (Å²) < 4.78 is 11.9. The third kappa shape index (κ3) is 6.42. The molecule has 1 saturated heterocycles. The van der Waals surface area contributed by atoms with Crippen LogP contribution in [0.15, 0.2) is 48.5 Å². The van der Waals surface area contributed by atoms with Gasteiger partial charge >= 0.3 is 0 Å². The second-order valence-electron chi connectivity index (χ2n) is 9.08. The van der Waals surface area contributed by atoms with Crippen LogP contribution in [0.3, 0.4) is 0 Å². The van der Waals surface area contributed by atoms with Crippen molar-refractivity contribution < 1.29 is 19.1 Å². The SMILES string of the molecule is CCONC(=O)CN1CCN(c2ccc(OC)c(OC3CCCC3)c2)C[C@@H]1Cc1ccccc1. The first-order valence-corrected chi connectivity index (χ1v) is 12.4. The summed E-state index contributed by atoms with van der Waals surface area (Å²) in [6.07, 6.45) is 5.82. The Morgan fingerprint density at radius 1 is 1.06 bits per heavy atom. The van der Waals surface area contributed by atoms with E-state index in [1.54, 1.807) is 7.11 Å². The lowest BCUT2D eigenvalue weighted by atomic mass is 10.0. The Morgan fingerprint density at radius 3 is 2.59 bits per heavy atom. The van der Waals surface area contributed by atoms with Crippen molar-refractivity contribution in [2.24, 2.45) is 0 Å². The van der Waals surface area contributed by atoms with Crippen LogP contribution < -0.4 is 19.9 Å². The van der Waals surface area contributed by atoms with E-state index < -0.39 is 0 Å². The van der Waals surface area contributed by atoms with Gasteiger partial charge in [-0.05, 0) is 56.7 Å². The number of nitrogens with one attached hydrogen (secondary N) is 1. The van der Waals surface area contributed by atoms with Crippen molar-refractivity contribution in [3.63, 3.8) is 0 Å². The van der Waals surface area contributed by atoms with Crippen molar-refractivity contribution in [3.8, 4) is 11.5 Å². The van der Waals surface area contributed by atoms with Crippen molar-refractivity contribution in [3.05, 3.63) is 54.1 Å². The van der Waals surface area contributed by atoms with E-state index in [1.807, 2.05) is 19.1 Å². The standard InChI is InChI=1S/C27H37N3O4/c1-3-33-28-27(31)20-30-16-15-29(19-23(30)17-21-9-5-4-6-10-21)22-13-14-25(32-2)26(18-22)34-24-11-7-8-12-24/h4-6,9-10,13-14,18,23-24H,3,7-8,11-12,15-17,19-20H2,1-2H3,(H,28,31)/t23-/m0/s1. The zero-order chi connectivity index (χ0) is 23.8. The van der Waals surface area contributed by atoms with Crippen LogP contribution in [0, 0.1) is 0 Å². The largest absolute Gasteiger partial charge is 0.493 e. The molecule has 1 saturated carbocycles. The highest BCUT2D eigenvalue weighted by Crippen LogP contribution is 2.35. The minimum atomic E-state index is -0.106. The van der Waals surface area contributed by atoms with Crippen molar-refractivity contribution in [1.29, 1.82) is 0 Å². The Balaban J connectivity index is 1.49. The molecule has 2 aromatic carbocycles. The molecule has 4 rings (SSSR count). The number of amides is 1. The van der Waals surface area contributed by atoms with Crippen LogP contribution in [0.2, 0.25) is 0 Å². The summed E-state index contributed by atoms with van der Waals surface area (Å²) in [5.41, 5.74) is 4.93. The zero-order valence-corrected chi connectivity index (χ0v) is 20.4. The van der Waals surface area contributed by atoms with Gasteiger partial charge in [0.15, 0.2) is 11.5 Å². The first-order valence-electron chi connectivity index (χ1n) is 12.4. The van der Waals surface area contributed by atoms with E-state index in [0.29, 0.717) is 13.2 Å². The number of carbonyl (C=O) groups is 1. The van der Waals surface area contributed by atoms with Crippen molar-refractivity contribution >= 4 is 11.6 Å². The van der Waals surface area contributed by atoms with E-state index >= 15 is 0 Å². The number of carbonyl (C=O) groups excluding carboxylic acids is 1. The number of ether oxygens (including phenoxy) is 2. The molecule has 7 nitrogen and oxygen atoms in total. The first kappa shape index (κ1) is 24.4. The third-order valence-corrected chi connectivity index (χ3v) is 6.70. The fraction of sp³-hybridized carbons (Fsp3) is 0.519. The second kappa shape index (κ2) is 12.1. The van der Waals surface area contributed by atoms with E-state index in [2.05, 4.69) is 51.7 Å². The number of rotatable bonds is 10. The summed E-state index contributed by atoms with van der Waals surface area (Å²) in [4.78, 5) is 22.1. The van der Waals surface area contributed by atoms with E-state index in [0.717, 1.165) is 56.1 Å². The van der Waals surface area contributed by atoms with Gasteiger partial charge < -0.3 is 14.4 Å². The van der Waals surface area contributed by atoms with Crippen LogP contribution in [0.5, 0.6) is 11.5 Å². The average Bonchev–Trinajstić information content (AvgIpc) is 3.37. The Kier molecular flexibility index (Phi) is 8.66. The van der Waals surface area contributed by atoms with Gasteiger partial charge in [-0.15, -0.1) is 0 Å². The smallest absolute Gasteiger partial charge is 0.257 e. The highest BCUT2D eigenvalue weighted by atomic mass is 16.6. The molecule has 1 atom stereocenters. The fourth-order valence-electron chi connectivity index (χ4n) is 4.92. The second-order valence-corrected chi connectivity index (χ2v) is 9.08. The molecule has 7 heteroatoms. The maximum absolute atomic E-state index is 12.4. The van der Waals surface area contributed by atoms with Gasteiger partial charge in [0, 0.05) is 37.4 Å². The van der Waals surface area contributed by atoms with E-state index in [4.69, 9.17) is 14.3 Å². The topological polar surface area (TPSA) is 63.3 Å². The van der Waals surface area contributed by atoms with Crippen LogP contribution >= 0.6 is 0 Å². The quantitative estimate of drug-likeness (QED) is 0.536. The lowest BCUT2D eigenvalue weighted by molar-refractivity contribution is -0.135. The highest BCUT2D eigenvalue weighted by Gasteiger charge is 2.29. The number of hydrogen-bond acceptors (Lipinski definition) is 6. The van der Waals surface area contributed by atoms with E-state index in [1.165, 1.54) is 18.4 Å². The molecule has 0 unspecified atom stereocenters. The van der Waals surface area contributed by atoms with Crippen molar-refractivity contribution in [1.82, 2.24) is 10.4 Å². The summed E-state index contributed by atoms with van der Waals surface area (Å²) in [5.74, 6) is 1.50. The van der Waals surface area contributed by atoms with Gasteiger partial charge in [-0.25, -0.2) is 5.48 Å². The number of benzene rings is 2. The molecule has 2 aromatic rings. The molecule has 1 N–H and O–H groups in total. The molecule has 34 heavy (non-hydrogen) atoms. The molecule has 2 fully saturated rings. The molecular weight excluding hydrogens is 430 g/mol. The number of nitrogens with zero attached hydrogens (tertiary/aromatic N) is 2. The maximum Gasteiger partial charge on any atom is 0.257 e. The zero-order valence-electron chi connectivity index (χ0n) is 20.4. The van der Waals surface area contributed by atoms with Crippen LogP contribution in [-0.2, 0) is 16.1 Å². The highest BCUT2D eigenvalue weighted by molar-refractivity contribution is 5.77.